The molecule has 0 heterocycles. The van der Waals surface area contributed by atoms with Crippen molar-refractivity contribution in [1.29, 1.82) is 0 Å². The molecule has 0 spiro atoms. The Morgan fingerprint density at radius 3 is 2.58 bits per heavy atom. The van der Waals surface area contributed by atoms with Gasteiger partial charge in [0.05, 0.1) is 4.92 Å². The molecule has 0 saturated carbocycles. The Morgan fingerprint density at radius 2 is 2.05 bits per heavy atom. The maximum Gasteiger partial charge on any atom is 0.319 e. The summed E-state index contributed by atoms with van der Waals surface area (Å²) < 4.78 is 0. The number of nitrogens with zero attached hydrogens (tertiary/aromatic N) is 1. The molecule has 0 radical (unpaired) electrons. The van der Waals surface area contributed by atoms with E-state index in [0.29, 0.717) is 18.7 Å². The quantitative estimate of drug-likeness (QED) is 0.539. The minimum atomic E-state index is -0.500. The fourth-order valence-electron chi connectivity index (χ4n) is 1.43. The first-order valence-corrected chi connectivity index (χ1v) is 5.93. The fourth-order valence-corrected chi connectivity index (χ4v) is 1.43. The standard InChI is InChI=1S/C12H17N3O4/c1-9(6-7-16)8-13-12(17)14-10-2-4-11(5-3-10)15(18)19/h2-5,9,16H,6-8H2,1H3,(H2,13,14,17). The van der Waals surface area contributed by atoms with Crippen LogP contribution in [0.5, 0.6) is 0 Å². The van der Waals surface area contributed by atoms with Crippen molar-refractivity contribution in [1.82, 2.24) is 5.32 Å². The molecule has 1 atom stereocenters. The van der Waals surface area contributed by atoms with Crippen molar-refractivity contribution in [2.75, 3.05) is 18.5 Å². The fraction of sp³-hybridized carbons (Fsp3) is 0.417. The molecule has 0 saturated heterocycles. The molecule has 1 aromatic carbocycles. The highest BCUT2D eigenvalue weighted by atomic mass is 16.6. The average Bonchev–Trinajstić information content (AvgIpc) is 2.37. The van der Waals surface area contributed by atoms with Crippen molar-refractivity contribution >= 4 is 17.4 Å². The second-order valence-corrected chi connectivity index (χ2v) is 4.26. The first-order valence-electron chi connectivity index (χ1n) is 5.93. The van der Waals surface area contributed by atoms with Crippen LogP contribution in [0.2, 0.25) is 0 Å². The van der Waals surface area contributed by atoms with Gasteiger partial charge in [0.2, 0.25) is 0 Å². The number of benzene rings is 1. The molecule has 7 heteroatoms. The lowest BCUT2D eigenvalue weighted by Crippen LogP contribution is -2.32. The molecule has 0 bridgehead atoms. The molecule has 7 nitrogen and oxygen atoms in total. The molecule has 0 aliphatic heterocycles. The molecule has 2 amide bonds. The SMILES string of the molecule is CC(CCO)CNC(=O)Nc1ccc([N+](=O)[O-])cc1. The van der Waals surface area contributed by atoms with Crippen molar-refractivity contribution in [3.63, 3.8) is 0 Å². The second kappa shape index (κ2) is 7.32. The number of hydrogen-bond donors (Lipinski definition) is 3. The van der Waals surface area contributed by atoms with E-state index >= 15 is 0 Å². The van der Waals surface area contributed by atoms with Crippen LogP contribution >= 0.6 is 0 Å². The van der Waals surface area contributed by atoms with Crippen LogP contribution in [0.4, 0.5) is 16.2 Å². The lowest BCUT2D eigenvalue weighted by Gasteiger charge is -2.11. The zero-order valence-corrected chi connectivity index (χ0v) is 10.6. The van der Waals surface area contributed by atoms with Gasteiger partial charge in [-0.1, -0.05) is 6.92 Å². The number of nitro groups is 1. The molecule has 0 aliphatic carbocycles. The number of rotatable bonds is 6. The third-order valence-corrected chi connectivity index (χ3v) is 2.57. The number of nitrogens with one attached hydrogen (secondary N) is 2. The Labute approximate surface area is 110 Å². The van der Waals surface area contributed by atoms with Crippen LogP contribution in [0, 0.1) is 16.0 Å². The Hall–Kier alpha value is -2.15. The van der Waals surface area contributed by atoms with Gasteiger partial charge in [0.15, 0.2) is 0 Å². The van der Waals surface area contributed by atoms with Gasteiger partial charge in [0, 0.05) is 31.0 Å². The number of nitro benzene ring substituents is 1. The zero-order valence-electron chi connectivity index (χ0n) is 10.6. The average molecular weight is 267 g/mol. The minimum absolute atomic E-state index is 0.0254. The summed E-state index contributed by atoms with van der Waals surface area (Å²) in [6.45, 7) is 2.47. The van der Waals surface area contributed by atoms with E-state index in [4.69, 9.17) is 5.11 Å². The molecule has 1 rings (SSSR count). The predicted octanol–water partition coefficient (Wildman–Crippen LogP) is 1.73. The van der Waals surface area contributed by atoms with Crippen LogP contribution in [0.15, 0.2) is 24.3 Å². The Kier molecular flexibility index (Phi) is 5.74. The molecular formula is C12H17N3O4. The predicted molar refractivity (Wildman–Crippen MR) is 71.0 cm³/mol. The highest BCUT2D eigenvalue weighted by Gasteiger charge is 2.07. The number of carbonyl (C=O) groups excluding carboxylic acids is 1. The molecule has 1 unspecified atom stereocenters. The molecule has 104 valence electrons. The largest absolute Gasteiger partial charge is 0.396 e. The number of carbonyl (C=O) groups is 1. The normalized spacial score (nSPS) is 11.7. The van der Waals surface area contributed by atoms with Crippen LogP contribution in [-0.2, 0) is 0 Å². The molecule has 0 aromatic heterocycles. The Bertz CT molecular complexity index is 433. The number of anilines is 1. The van der Waals surface area contributed by atoms with E-state index in [1.807, 2.05) is 6.92 Å². The molecule has 0 fully saturated rings. The number of amides is 2. The molecule has 3 N–H and O–H groups in total. The zero-order chi connectivity index (χ0) is 14.3. The number of aliphatic hydroxyl groups is 1. The van der Waals surface area contributed by atoms with Crippen molar-refractivity contribution < 1.29 is 14.8 Å². The topological polar surface area (TPSA) is 104 Å². The smallest absolute Gasteiger partial charge is 0.319 e. The maximum absolute atomic E-state index is 11.5. The Balaban J connectivity index is 2.42. The summed E-state index contributed by atoms with van der Waals surface area (Å²) in [4.78, 5) is 21.5. The van der Waals surface area contributed by atoms with E-state index in [1.165, 1.54) is 24.3 Å². The molecular weight excluding hydrogens is 250 g/mol. The van der Waals surface area contributed by atoms with Gasteiger partial charge in [0.1, 0.15) is 0 Å². The van der Waals surface area contributed by atoms with E-state index in [0.717, 1.165) is 0 Å². The first-order chi connectivity index (χ1) is 9.02. The van der Waals surface area contributed by atoms with E-state index in [2.05, 4.69) is 10.6 Å². The molecule has 1 aromatic rings. The van der Waals surface area contributed by atoms with E-state index in [1.54, 1.807) is 0 Å². The molecule has 19 heavy (non-hydrogen) atoms. The monoisotopic (exact) mass is 267 g/mol. The summed E-state index contributed by atoms with van der Waals surface area (Å²) in [5.74, 6) is 0.188. The van der Waals surface area contributed by atoms with E-state index in [-0.39, 0.29) is 24.2 Å². The van der Waals surface area contributed by atoms with Gasteiger partial charge in [-0.25, -0.2) is 4.79 Å². The number of aliphatic hydroxyl groups excluding tert-OH is 1. The summed E-state index contributed by atoms with van der Waals surface area (Å²) in [6.07, 6.45) is 0.623. The highest BCUT2D eigenvalue weighted by Crippen LogP contribution is 2.15. The first kappa shape index (κ1) is 14.9. The summed E-state index contributed by atoms with van der Waals surface area (Å²) >= 11 is 0. The van der Waals surface area contributed by atoms with Gasteiger partial charge in [-0.05, 0) is 24.5 Å². The third kappa shape index (κ3) is 5.35. The van der Waals surface area contributed by atoms with Crippen LogP contribution in [-0.4, -0.2) is 29.2 Å². The van der Waals surface area contributed by atoms with Gasteiger partial charge >= 0.3 is 6.03 Å². The maximum atomic E-state index is 11.5. The van der Waals surface area contributed by atoms with Gasteiger partial charge in [-0.2, -0.15) is 0 Å². The van der Waals surface area contributed by atoms with Crippen LogP contribution < -0.4 is 10.6 Å². The summed E-state index contributed by atoms with van der Waals surface area (Å²) in [7, 11) is 0. The third-order valence-electron chi connectivity index (χ3n) is 2.57. The summed E-state index contributed by atoms with van der Waals surface area (Å²) in [6, 6.07) is 5.20. The van der Waals surface area contributed by atoms with Gasteiger partial charge in [0.25, 0.3) is 5.69 Å². The minimum Gasteiger partial charge on any atom is -0.396 e. The van der Waals surface area contributed by atoms with Gasteiger partial charge in [-0.15, -0.1) is 0 Å². The summed E-state index contributed by atoms with van der Waals surface area (Å²) in [5.41, 5.74) is 0.459. The second-order valence-electron chi connectivity index (χ2n) is 4.26. The number of hydrogen-bond acceptors (Lipinski definition) is 4. The van der Waals surface area contributed by atoms with Gasteiger partial charge in [-0.3, -0.25) is 10.1 Å². The van der Waals surface area contributed by atoms with Crippen molar-refractivity contribution in [3.05, 3.63) is 34.4 Å². The van der Waals surface area contributed by atoms with Gasteiger partial charge < -0.3 is 15.7 Å². The van der Waals surface area contributed by atoms with Crippen LogP contribution in [0.3, 0.4) is 0 Å². The van der Waals surface area contributed by atoms with Crippen LogP contribution in [0.1, 0.15) is 13.3 Å². The number of urea groups is 1. The Morgan fingerprint density at radius 1 is 1.42 bits per heavy atom. The van der Waals surface area contributed by atoms with E-state index < -0.39 is 4.92 Å². The molecule has 0 aliphatic rings. The lowest BCUT2D eigenvalue weighted by atomic mass is 10.1. The highest BCUT2D eigenvalue weighted by molar-refractivity contribution is 5.89. The van der Waals surface area contributed by atoms with E-state index in [9.17, 15) is 14.9 Å². The van der Waals surface area contributed by atoms with Crippen molar-refractivity contribution in [2.24, 2.45) is 5.92 Å². The van der Waals surface area contributed by atoms with Crippen molar-refractivity contribution in [3.8, 4) is 0 Å². The summed E-state index contributed by atoms with van der Waals surface area (Å²) in [5, 5.41) is 24.4. The van der Waals surface area contributed by atoms with Crippen LogP contribution in [0.25, 0.3) is 0 Å². The van der Waals surface area contributed by atoms with Crippen molar-refractivity contribution in [2.45, 2.75) is 13.3 Å². The lowest BCUT2D eigenvalue weighted by molar-refractivity contribution is -0.384. The number of non-ortho nitro benzene ring substituents is 1.